The van der Waals surface area contributed by atoms with E-state index in [1.807, 2.05) is 54.6 Å². The van der Waals surface area contributed by atoms with Gasteiger partial charge in [-0.1, -0.05) is 41.9 Å². The van der Waals surface area contributed by atoms with E-state index in [2.05, 4.69) is 26.1 Å². The van der Waals surface area contributed by atoms with Gasteiger partial charge in [0.25, 0.3) is 0 Å². The topological polar surface area (TPSA) is 61.9 Å². The zero-order valence-electron chi connectivity index (χ0n) is 11.4. The predicted octanol–water partition coefficient (Wildman–Crippen LogP) is 3.60. The summed E-state index contributed by atoms with van der Waals surface area (Å²) in [6.07, 6.45) is 0. The second-order valence-electron chi connectivity index (χ2n) is 4.42. The van der Waals surface area contributed by atoms with Crippen LogP contribution >= 0.6 is 23.8 Å². The van der Waals surface area contributed by atoms with E-state index in [0.29, 0.717) is 10.9 Å². The number of fused-ring (bicyclic) bond motifs is 1. The zero-order valence-corrected chi connectivity index (χ0v) is 12.9. The third kappa shape index (κ3) is 3.41. The smallest absolute Gasteiger partial charge is 0.189 e. The molecule has 0 aliphatic heterocycles. The molecule has 0 bridgehead atoms. The van der Waals surface area contributed by atoms with Crippen LogP contribution in [0.25, 0.3) is 11.0 Å². The average Bonchev–Trinajstić information content (AvgIpc) is 2.54. The zero-order chi connectivity index (χ0) is 15.4. The third-order valence-electron chi connectivity index (χ3n) is 2.85. The first-order valence-electron chi connectivity index (χ1n) is 6.53. The molecule has 0 aliphatic carbocycles. The van der Waals surface area contributed by atoms with Gasteiger partial charge in [0.05, 0.1) is 11.0 Å². The number of benzene rings is 2. The third-order valence-corrected chi connectivity index (χ3v) is 3.32. The molecule has 0 amide bonds. The van der Waals surface area contributed by atoms with Gasteiger partial charge in [0, 0.05) is 5.69 Å². The lowest BCUT2D eigenvalue weighted by molar-refractivity contribution is 1.09. The van der Waals surface area contributed by atoms with Crippen LogP contribution in [0.3, 0.4) is 0 Å². The Morgan fingerprint density at radius 3 is 2.27 bits per heavy atom. The molecule has 7 heteroatoms. The molecule has 0 atom stereocenters. The molecule has 0 saturated carbocycles. The number of rotatable bonds is 3. The molecule has 22 heavy (non-hydrogen) atoms. The van der Waals surface area contributed by atoms with E-state index in [0.717, 1.165) is 16.7 Å². The summed E-state index contributed by atoms with van der Waals surface area (Å²) < 4.78 is 0. The van der Waals surface area contributed by atoms with Crippen molar-refractivity contribution >= 4 is 51.5 Å². The molecule has 1 aromatic heterocycles. The number of nitrogens with zero attached hydrogens (tertiary/aromatic N) is 2. The van der Waals surface area contributed by atoms with E-state index in [4.69, 9.17) is 23.8 Å². The molecule has 3 rings (SSSR count). The first kappa shape index (κ1) is 14.5. The quantitative estimate of drug-likeness (QED) is 0.504. The molecule has 0 unspecified atom stereocenters. The minimum atomic E-state index is 0.272. The summed E-state index contributed by atoms with van der Waals surface area (Å²) >= 11 is 11.3. The van der Waals surface area contributed by atoms with Crippen LogP contribution in [0.4, 0.5) is 11.5 Å². The van der Waals surface area contributed by atoms with E-state index in [1.54, 1.807) is 0 Å². The number of nitrogens with one attached hydrogen (secondary N) is 3. The van der Waals surface area contributed by atoms with Crippen LogP contribution in [0.2, 0.25) is 5.15 Å². The molecule has 0 fully saturated rings. The van der Waals surface area contributed by atoms with Crippen molar-refractivity contribution in [3.05, 3.63) is 59.8 Å². The number of thiocarbonyl (C=S) groups is 1. The molecular formula is C15H12ClN5S. The van der Waals surface area contributed by atoms with Crippen LogP contribution in [-0.4, -0.2) is 15.1 Å². The number of para-hydroxylation sites is 3. The maximum Gasteiger partial charge on any atom is 0.189 e. The Labute approximate surface area is 137 Å². The van der Waals surface area contributed by atoms with Gasteiger partial charge in [-0.2, -0.15) is 0 Å². The van der Waals surface area contributed by atoms with Gasteiger partial charge in [0.2, 0.25) is 0 Å². The van der Waals surface area contributed by atoms with Crippen molar-refractivity contribution in [1.82, 2.24) is 15.4 Å². The second-order valence-corrected chi connectivity index (χ2v) is 5.19. The summed E-state index contributed by atoms with van der Waals surface area (Å²) in [6, 6.07) is 17.1. The van der Waals surface area contributed by atoms with Gasteiger partial charge in [0.15, 0.2) is 16.1 Å². The van der Waals surface area contributed by atoms with E-state index >= 15 is 0 Å². The van der Waals surface area contributed by atoms with Gasteiger partial charge in [-0.3, -0.25) is 10.9 Å². The van der Waals surface area contributed by atoms with Crippen LogP contribution < -0.4 is 16.2 Å². The van der Waals surface area contributed by atoms with Crippen molar-refractivity contribution in [2.75, 3.05) is 10.7 Å². The maximum absolute atomic E-state index is 6.11. The van der Waals surface area contributed by atoms with Crippen LogP contribution in [0.1, 0.15) is 0 Å². The molecule has 0 spiro atoms. The maximum atomic E-state index is 6.11. The van der Waals surface area contributed by atoms with Crippen LogP contribution in [0.5, 0.6) is 0 Å². The Morgan fingerprint density at radius 1 is 0.909 bits per heavy atom. The summed E-state index contributed by atoms with van der Waals surface area (Å²) in [6.45, 7) is 0. The highest BCUT2D eigenvalue weighted by atomic mass is 35.5. The first-order chi connectivity index (χ1) is 10.7. The fraction of sp³-hybridized carbons (Fsp3) is 0. The van der Waals surface area contributed by atoms with Crippen LogP contribution in [0, 0.1) is 0 Å². The molecule has 2 aromatic carbocycles. The molecule has 5 nitrogen and oxygen atoms in total. The van der Waals surface area contributed by atoms with E-state index < -0.39 is 0 Å². The summed E-state index contributed by atoms with van der Waals surface area (Å²) in [5.41, 5.74) is 8.08. The SMILES string of the molecule is S=C(NNc1nc2ccccc2nc1Cl)Nc1ccccc1. The van der Waals surface area contributed by atoms with Crippen molar-refractivity contribution in [1.29, 1.82) is 0 Å². The van der Waals surface area contributed by atoms with Crippen molar-refractivity contribution in [3.63, 3.8) is 0 Å². The first-order valence-corrected chi connectivity index (χ1v) is 7.31. The van der Waals surface area contributed by atoms with Crippen molar-refractivity contribution < 1.29 is 0 Å². The highest BCUT2D eigenvalue weighted by Crippen LogP contribution is 2.20. The van der Waals surface area contributed by atoms with Crippen molar-refractivity contribution in [2.45, 2.75) is 0 Å². The van der Waals surface area contributed by atoms with Crippen LogP contribution in [-0.2, 0) is 0 Å². The number of anilines is 2. The lowest BCUT2D eigenvalue weighted by atomic mass is 10.3. The summed E-state index contributed by atoms with van der Waals surface area (Å²) in [7, 11) is 0. The highest BCUT2D eigenvalue weighted by molar-refractivity contribution is 7.80. The van der Waals surface area contributed by atoms with Crippen molar-refractivity contribution in [3.8, 4) is 0 Å². The Morgan fingerprint density at radius 2 is 1.55 bits per heavy atom. The van der Waals surface area contributed by atoms with Gasteiger partial charge in [-0.25, -0.2) is 9.97 Å². The largest absolute Gasteiger partial charge is 0.331 e. The molecule has 1 heterocycles. The monoisotopic (exact) mass is 329 g/mol. The Balaban J connectivity index is 1.68. The fourth-order valence-electron chi connectivity index (χ4n) is 1.86. The lowest BCUT2D eigenvalue weighted by Gasteiger charge is -2.12. The standard InChI is InChI=1S/C15H12ClN5S/c16-13-14(19-12-9-5-4-8-11(12)18-13)20-21-15(22)17-10-6-2-1-3-7-10/h1-9H,(H,19,20)(H2,17,21,22). The molecule has 3 N–H and O–H groups in total. The Kier molecular flexibility index (Phi) is 4.32. The minimum Gasteiger partial charge on any atom is -0.331 e. The van der Waals surface area contributed by atoms with Gasteiger partial charge < -0.3 is 5.32 Å². The number of halogens is 1. The molecular weight excluding hydrogens is 318 g/mol. The van der Waals surface area contributed by atoms with E-state index in [9.17, 15) is 0 Å². The molecule has 3 aromatic rings. The Hall–Kier alpha value is -2.44. The predicted molar refractivity (Wildman–Crippen MR) is 94.0 cm³/mol. The molecule has 110 valence electrons. The summed E-state index contributed by atoms with van der Waals surface area (Å²) in [5, 5.41) is 3.71. The van der Waals surface area contributed by atoms with E-state index in [-0.39, 0.29) is 5.15 Å². The van der Waals surface area contributed by atoms with Crippen LogP contribution in [0.15, 0.2) is 54.6 Å². The number of hydrogen-bond acceptors (Lipinski definition) is 4. The number of hydrogen-bond donors (Lipinski definition) is 3. The Bertz CT molecular complexity index is 809. The van der Waals surface area contributed by atoms with E-state index in [1.165, 1.54) is 0 Å². The van der Waals surface area contributed by atoms with Gasteiger partial charge >= 0.3 is 0 Å². The highest BCUT2D eigenvalue weighted by Gasteiger charge is 2.06. The van der Waals surface area contributed by atoms with Gasteiger partial charge in [0.1, 0.15) is 0 Å². The average molecular weight is 330 g/mol. The minimum absolute atomic E-state index is 0.272. The summed E-state index contributed by atoms with van der Waals surface area (Å²) in [4.78, 5) is 8.67. The number of aromatic nitrogens is 2. The van der Waals surface area contributed by atoms with Gasteiger partial charge in [-0.15, -0.1) is 0 Å². The lowest BCUT2D eigenvalue weighted by Crippen LogP contribution is -2.33. The summed E-state index contributed by atoms with van der Waals surface area (Å²) in [5.74, 6) is 0.414. The number of hydrazine groups is 1. The van der Waals surface area contributed by atoms with Crippen molar-refractivity contribution in [2.24, 2.45) is 0 Å². The molecule has 0 aliphatic rings. The molecule has 0 radical (unpaired) electrons. The normalized spacial score (nSPS) is 10.2. The van der Waals surface area contributed by atoms with Gasteiger partial charge in [-0.05, 0) is 36.5 Å². The molecule has 0 saturated heterocycles. The fourth-order valence-corrected chi connectivity index (χ4v) is 2.21. The second kappa shape index (κ2) is 6.55.